The summed E-state index contributed by atoms with van der Waals surface area (Å²) in [5.41, 5.74) is 0. The molecule has 0 aromatic rings. The molecule has 1 rings (SSSR count). The first-order chi connectivity index (χ1) is 4.20. The fourth-order valence-electron chi connectivity index (χ4n) is 0.588. The summed E-state index contributed by atoms with van der Waals surface area (Å²) in [5, 5.41) is 17.0. The van der Waals surface area contributed by atoms with E-state index in [9.17, 15) is 4.79 Å². The Kier molecular flexibility index (Phi) is 1.68. The summed E-state index contributed by atoms with van der Waals surface area (Å²) in [4.78, 5) is 9.93. The van der Waals surface area contributed by atoms with Crippen LogP contribution in [-0.2, 0) is 9.53 Å². The van der Waals surface area contributed by atoms with Crippen LogP contribution in [0.15, 0.2) is 0 Å². The van der Waals surface area contributed by atoms with E-state index in [1.165, 1.54) is 0 Å². The lowest BCUT2D eigenvalue weighted by Crippen LogP contribution is -2.18. The third-order valence-electron chi connectivity index (χ3n) is 1.17. The lowest BCUT2D eigenvalue weighted by molar-refractivity contribution is -0.139. The molecule has 1 heterocycles. The van der Waals surface area contributed by atoms with Crippen LogP contribution in [0.4, 0.5) is 0 Å². The predicted molar refractivity (Wildman–Crippen MR) is 28.0 cm³/mol. The minimum Gasteiger partial charge on any atom is -0.481 e. The number of rotatable bonds is 3. The zero-order chi connectivity index (χ0) is 6.85. The Labute approximate surface area is 52.1 Å². The van der Waals surface area contributed by atoms with E-state index in [0.717, 1.165) is 0 Å². The average Bonchev–Trinajstić information content (AvgIpc) is 2.40. The van der Waals surface area contributed by atoms with Crippen LogP contribution in [0.1, 0.15) is 6.42 Å². The number of aliphatic hydroxyl groups excluding tert-OH is 1. The monoisotopic (exact) mass is 132 g/mol. The molecule has 1 fully saturated rings. The summed E-state index contributed by atoms with van der Waals surface area (Å²) >= 11 is 0. The van der Waals surface area contributed by atoms with Crippen molar-refractivity contribution in [2.24, 2.45) is 0 Å². The number of hydrogen-bond acceptors (Lipinski definition) is 3. The maximum Gasteiger partial charge on any atom is 0.306 e. The predicted octanol–water partition coefficient (Wildman–Crippen LogP) is -0.779. The molecule has 0 radical (unpaired) electrons. The summed E-state index contributed by atoms with van der Waals surface area (Å²) in [6.45, 7) is 0.494. The molecule has 0 amide bonds. The number of carbonyl (C=O) groups is 1. The van der Waals surface area contributed by atoms with E-state index < -0.39 is 12.1 Å². The molecule has 0 saturated carbocycles. The van der Waals surface area contributed by atoms with Gasteiger partial charge in [-0.25, -0.2) is 0 Å². The molecule has 1 aliphatic heterocycles. The molecule has 52 valence electrons. The lowest BCUT2D eigenvalue weighted by atomic mass is 10.2. The van der Waals surface area contributed by atoms with E-state index in [0.29, 0.717) is 6.61 Å². The van der Waals surface area contributed by atoms with E-state index in [1.807, 2.05) is 0 Å². The quantitative estimate of drug-likeness (QED) is 0.494. The highest BCUT2D eigenvalue weighted by Gasteiger charge is 2.32. The lowest BCUT2D eigenvalue weighted by Gasteiger charge is -2.00. The molecule has 0 aliphatic carbocycles. The van der Waals surface area contributed by atoms with Crippen molar-refractivity contribution in [3.63, 3.8) is 0 Å². The van der Waals surface area contributed by atoms with E-state index in [1.54, 1.807) is 0 Å². The van der Waals surface area contributed by atoms with Crippen molar-refractivity contribution in [1.82, 2.24) is 0 Å². The van der Waals surface area contributed by atoms with Crippen LogP contribution in [0.2, 0.25) is 0 Å². The molecule has 1 saturated heterocycles. The first kappa shape index (κ1) is 6.51. The van der Waals surface area contributed by atoms with Crippen molar-refractivity contribution in [3.8, 4) is 0 Å². The normalized spacial score (nSPS) is 27.4. The summed E-state index contributed by atoms with van der Waals surface area (Å²) in [6, 6.07) is 0. The molecule has 1 unspecified atom stereocenters. The zero-order valence-electron chi connectivity index (χ0n) is 4.78. The fourth-order valence-corrected chi connectivity index (χ4v) is 0.588. The molecule has 9 heavy (non-hydrogen) atoms. The number of ether oxygens (including phenoxy) is 1. The second-order valence-corrected chi connectivity index (χ2v) is 2.04. The number of epoxide rings is 1. The second-order valence-electron chi connectivity index (χ2n) is 2.04. The molecule has 0 bridgehead atoms. The van der Waals surface area contributed by atoms with Crippen molar-refractivity contribution in [1.29, 1.82) is 0 Å². The van der Waals surface area contributed by atoms with Crippen LogP contribution in [0.25, 0.3) is 0 Å². The molecular weight excluding hydrogens is 124 g/mol. The topological polar surface area (TPSA) is 70.1 Å². The number of aliphatic carboxylic acids is 1. The van der Waals surface area contributed by atoms with E-state index in [2.05, 4.69) is 4.74 Å². The van der Waals surface area contributed by atoms with Gasteiger partial charge >= 0.3 is 5.97 Å². The molecule has 0 spiro atoms. The van der Waals surface area contributed by atoms with E-state index in [4.69, 9.17) is 10.2 Å². The number of carboxylic acid groups (broad SMARTS) is 1. The number of aliphatic hydroxyl groups is 1. The van der Waals surface area contributed by atoms with Gasteiger partial charge in [-0.2, -0.15) is 0 Å². The van der Waals surface area contributed by atoms with Gasteiger partial charge in [0, 0.05) is 0 Å². The van der Waals surface area contributed by atoms with Crippen LogP contribution in [0, 0.1) is 0 Å². The number of carboxylic acids is 1. The van der Waals surface area contributed by atoms with Crippen molar-refractivity contribution in [2.45, 2.75) is 18.6 Å². The molecule has 4 nitrogen and oxygen atoms in total. The van der Waals surface area contributed by atoms with Crippen molar-refractivity contribution < 1.29 is 19.7 Å². The van der Waals surface area contributed by atoms with Gasteiger partial charge in [0.15, 0.2) is 0 Å². The van der Waals surface area contributed by atoms with Crippen molar-refractivity contribution >= 4 is 5.97 Å². The van der Waals surface area contributed by atoms with Gasteiger partial charge in [0.25, 0.3) is 0 Å². The van der Waals surface area contributed by atoms with Crippen LogP contribution >= 0.6 is 0 Å². The molecule has 2 N–H and O–H groups in total. The van der Waals surface area contributed by atoms with Gasteiger partial charge in [-0.05, 0) is 0 Å². The Bertz CT molecular complexity index is 118. The van der Waals surface area contributed by atoms with Crippen LogP contribution < -0.4 is 0 Å². The SMILES string of the molecule is O=C(O)C[C@@H](O)C1CO1. The van der Waals surface area contributed by atoms with Gasteiger partial charge in [0.2, 0.25) is 0 Å². The third-order valence-corrected chi connectivity index (χ3v) is 1.17. The molecule has 4 heteroatoms. The molecule has 1 aliphatic rings. The van der Waals surface area contributed by atoms with Gasteiger partial charge in [0.1, 0.15) is 6.10 Å². The first-order valence-corrected chi connectivity index (χ1v) is 2.71. The smallest absolute Gasteiger partial charge is 0.306 e. The zero-order valence-corrected chi connectivity index (χ0v) is 4.78. The van der Waals surface area contributed by atoms with Crippen LogP contribution in [0.5, 0.6) is 0 Å². The first-order valence-electron chi connectivity index (χ1n) is 2.71. The minimum atomic E-state index is -0.988. The Balaban J connectivity index is 2.17. The summed E-state index contributed by atoms with van der Waals surface area (Å²) < 4.78 is 4.66. The maximum atomic E-state index is 9.93. The van der Waals surface area contributed by atoms with E-state index in [-0.39, 0.29) is 12.5 Å². The van der Waals surface area contributed by atoms with Gasteiger partial charge in [-0.3, -0.25) is 4.79 Å². The van der Waals surface area contributed by atoms with Crippen LogP contribution in [-0.4, -0.2) is 35.0 Å². The van der Waals surface area contributed by atoms with E-state index >= 15 is 0 Å². The Morgan fingerprint density at radius 1 is 1.89 bits per heavy atom. The maximum absolute atomic E-state index is 9.93. The molecule has 0 aromatic heterocycles. The van der Waals surface area contributed by atoms with Gasteiger partial charge in [0.05, 0.1) is 19.1 Å². The Morgan fingerprint density at radius 2 is 2.44 bits per heavy atom. The van der Waals surface area contributed by atoms with Crippen molar-refractivity contribution in [2.75, 3.05) is 6.61 Å². The fraction of sp³-hybridized carbons (Fsp3) is 0.800. The summed E-state index contributed by atoms with van der Waals surface area (Å²) in [5.74, 6) is -0.988. The highest BCUT2D eigenvalue weighted by molar-refractivity contribution is 5.67. The van der Waals surface area contributed by atoms with Gasteiger partial charge < -0.3 is 14.9 Å². The Morgan fingerprint density at radius 3 is 2.78 bits per heavy atom. The average molecular weight is 132 g/mol. The second kappa shape index (κ2) is 2.33. The highest BCUT2D eigenvalue weighted by Crippen LogP contribution is 2.15. The molecular formula is C5H8O4. The minimum absolute atomic E-state index is 0.218. The largest absolute Gasteiger partial charge is 0.481 e. The number of hydrogen-bond donors (Lipinski definition) is 2. The molecule has 2 atom stereocenters. The van der Waals surface area contributed by atoms with Gasteiger partial charge in [-0.1, -0.05) is 0 Å². The van der Waals surface area contributed by atoms with Gasteiger partial charge in [-0.15, -0.1) is 0 Å². The standard InChI is InChI=1S/C5H8O4/c6-3(1-5(7)8)4-2-9-4/h3-4,6H,1-2H2,(H,7,8)/t3-,4?/m1/s1. The summed E-state index contributed by atoms with van der Waals surface area (Å²) in [6.07, 6.45) is -1.26. The Hall–Kier alpha value is -0.610. The van der Waals surface area contributed by atoms with Crippen molar-refractivity contribution in [3.05, 3.63) is 0 Å². The van der Waals surface area contributed by atoms with Crippen LogP contribution in [0.3, 0.4) is 0 Å². The third kappa shape index (κ3) is 1.99. The molecule has 0 aromatic carbocycles. The summed E-state index contributed by atoms with van der Waals surface area (Å²) in [7, 11) is 0. The highest BCUT2D eigenvalue weighted by atomic mass is 16.6.